The Labute approximate surface area is 119 Å². The number of ether oxygens (including phenoxy) is 1. The van der Waals surface area contributed by atoms with E-state index in [2.05, 4.69) is 28.9 Å². The van der Waals surface area contributed by atoms with Gasteiger partial charge in [-0.2, -0.15) is 0 Å². The number of imidazole rings is 1. The van der Waals surface area contributed by atoms with Crippen LogP contribution in [-0.4, -0.2) is 22.7 Å². The Hall–Kier alpha value is -1.81. The van der Waals surface area contributed by atoms with Crippen molar-refractivity contribution in [2.45, 2.75) is 33.2 Å². The number of nitrogens with one attached hydrogen (secondary N) is 1. The van der Waals surface area contributed by atoms with Gasteiger partial charge in [-0.25, -0.2) is 4.98 Å². The van der Waals surface area contributed by atoms with Crippen LogP contribution in [0.15, 0.2) is 24.3 Å². The van der Waals surface area contributed by atoms with Gasteiger partial charge in [-0.3, -0.25) is 0 Å². The molecule has 0 atom stereocenters. The number of nitrogens with zero attached hydrogens (tertiary/aromatic N) is 2. The van der Waals surface area contributed by atoms with Gasteiger partial charge in [-0.15, -0.1) is 0 Å². The Morgan fingerprint density at radius 3 is 2.75 bits per heavy atom. The van der Waals surface area contributed by atoms with Gasteiger partial charge < -0.3 is 14.6 Å². The van der Waals surface area contributed by atoms with Gasteiger partial charge >= 0.3 is 0 Å². The van der Waals surface area contributed by atoms with Crippen LogP contribution in [0.3, 0.4) is 0 Å². The first-order valence-electron chi connectivity index (χ1n) is 7.36. The van der Waals surface area contributed by atoms with Crippen molar-refractivity contribution in [3.63, 3.8) is 0 Å². The molecule has 1 aliphatic rings. The van der Waals surface area contributed by atoms with Crippen LogP contribution in [-0.2, 0) is 19.4 Å². The standard InChI is InChI=1S/C16H21N3O/c1-3-16-18-14-11-17-10-9-15(14)19(16)12-5-7-13(8-6-12)20-4-2/h5-8,17H,3-4,9-11H2,1-2H3. The maximum Gasteiger partial charge on any atom is 0.119 e. The van der Waals surface area contributed by atoms with Gasteiger partial charge in [0, 0.05) is 37.3 Å². The Kier molecular flexibility index (Phi) is 3.74. The molecule has 0 bridgehead atoms. The van der Waals surface area contributed by atoms with Crippen molar-refractivity contribution < 1.29 is 4.74 Å². The lowest BCUT2D eigenvalue weighted by Crippen LogP contribution is -2.24. The third-order valence-corrected chi connectivity index (χ3v) is 3.68. The summed E-state index contributed by atoms with van der Waals surface area (Å²) in [5, 5.41) is 3.39. The van der Waals surface area contributed by atoms with Crippen LogP contribution in [0.4, 0.5) is 0 Å². The van der Waals surface area contributed by atoms with Crippen molar-refractivity contribution in [1.29, 1.82) is 0 Å². The van der Waals surface area contributed by atoms with Gasteiger partial charge in [-0.05, 0) is 31.2 Å². The second-order valence-corrected chi connectivity index (χ2v) is 4.96. The molecule has 1 N–H and O–H groups in total. The van der Waals surface area contributed by atoms with Gasteiger partial charge in [0.1, 0.15) is 11.6 Å². The van der Waals surface area contributed by atoms with E-state index < -0.39 is 0 Å². The number of benzene rings is 1. The monoisotopic (exact) mass is 271 g/mol. The van der Waals surface area contributed by atoms with E-state index in [0.717, 1.165) is 37.5 Å². The van der Waals surface area contributed by atoms with E-state index in [-0.39, 0.29) is 0 Å². The average Bonchev–Trinajstić information content (AvgIpc) is 2.87. The first-order valence-corrected chi connectivity index (χ1v) is 7.36. The first-order chi connectivity index (χ1) is 9.83. The average molecular weight is 271 g/mol. The lowest BCUT2D eigenvalue weighted by atomic mass is 10.1. The van der Waals surface area contributed by atoms with Gasteiger partial charge in [0.25, 0.3) is 0 Å². The molecule has 0 amide bonds. The van der Waals surface area contributed by atoms with Gasteiger partial charge in [0.15, 0.2) is 0 Å². The third kappa shape index (κ3) is 2.31. The molecule has 1 aromatic heterocycles. The van der Waals surface area contributed by atoms with Crippen LogP contribution < -0.4 is 10.1 Å². The normalized spacial score (nSPS) is 14.1. The molecule has 1 aliphatic heterocycles. The van der Waals surface area contributed by atoms with Crippen LogP contribution in [0.25, 0.3) is 5.69 Å². The molecule has 0 unspecified atom stereocenters. The fourth-order valence-electron chi connectivity index (χ4n) is 2.77. The third-order valence-electron chi connectivity index (χ3n) is 3.68. The summed E-state index contributed by atoms with van der Waals surface area (Å²) in [6, 6.07) is 8.31. The molecule has 4 heteroatoms. The minimum atomic E-state index is 0.700. The molecule has 20 heavy (non-hydrogen) atoms. The Bertz CT molecular complexity index is 587. The van der Waals surface area contributed by atoms with Crippen LogP contribution in [0.1, 0.15) is 31.1 Å². The van der Waals surface area contributed by atoms with Gasteiger partial charge in [-0.1, -0.05) is 6.92 Å². The summed E-state index contributed by atoms with van der Waals surface area (Å²) < 4.78 is 7.82. The number of hydrogen-bond donors (Lipinski definition) is 1. The first kappa shape index (κ1) is 13.2. The van der Waals surface area contributed by atoms with Crippen LogP contribution in [0, 0.1) is 0 Å². The maximum absolute atomic E-state index is 5.51. The van der Waals surface area contributed by atoms with E-state index in [9.17, 15) is 0 Å². The molecule has 2 aromatic rings. The van der Waals surface area contributed by atoms with Crippen molar-refractivity contribution in [2.24, 2.45) is 0 Å². The Morgan fingerprint density at radius 2 is 2.05 bits per heavy atom. The van der Waals surface area contributed by atoms with Crippen LogP contribution in [0.5, 0.6) is 5.75 Å². The molecule has 2 heterocycles. The summed E-state index contributed by atoms with van der Waals surface area (Å²) in [5.74, 6) is 2.06. The highest BCUT2D eigenvalue weighted by Gasteiger charge is 2.19. The number of aryl methyl sites for hydroxylation is 1. The second-order valence-electron chi connectivity index (χ2n) is 4.96. The smallest absolute Gasteiger partial charge is 0.119 e. The highest BCUT2D eigenvalue weighted by atomic mass is 16.5. The Morgan fingerprint density at radius 1 is 1.25 bits per heavy atom. The summed E-state index contributed by atoms with van der Waals surface area (Å²) >= 11 is 0. The van der Waals surface area contributed by atoms with E-state index in [4.69, 9.17) is 9.72 Å². The summed E-state index contributed by atoms with van der Waals surface area (Å²) in [6.45, 7) is 6.77. The molecule has 106 valence electrons. The zero-order valence-electron chi connectivity index (χ0n) is 12.1. The Balaban J connectivity index is 2.02. The fraction of sp³-hybridized carbons (Fsp3) is 0.438. The molecule has 4 nitrogen and oxygen atoms in total. The molecule has 1 aromatic carbocycles. The molecule has 0 saturated heterocycles. The van der Waals surface area contributed by atoms with Crippen molar-refractivity contribution >= 4 is 0 Å². The van der Waals surface area contributed by atoms with Gasteiger partial charge in [0.05, 0.1) is 12.3 Å². The number of rotatable bonds is 4. The number of fused-ring (bicyclic) bond motifs is 1. The molecule has 0 saturated carbocycles. The van der Waals surface area contributed by atoms with Crippen molar-refractivity contribution in [3.05, 3.63) is 41.5 Å². The topological polar surface area (TPSA) is 39.1 Å². The molecule has 0 fully saturated rings. The lowest BCUT2D eigenvalue weighted by Gasteiger charge is -2.16. The van der Waals surface area contributed by atoms with E-state index >= 15 is 0 Å². The zero-order valence-corrected chi connectivity index (χ0v) is 12.1. The van der Waals surface area contributed by atoms with Crippen molar-refractivity contribution in [2.75, 3.05) is 13.2 Å². The number of hydrogen-bond acceptors (Lipinski definition) is 3. The largest absolute Gasteiger partial charge is 0.494 e. The fourth-order valence-corrected chi connectivity index (χ4v) is 2.77. The van der Waals surface area contributed by atoms with Crippen molar-refractivity contribution in [3.8, 4) is 11.4 Å². The van der Waals surface area contributed by atoms with Crippen LogP contribution >= 0.6 is 0 Å². The van der Waals surface area contributed by atoms with Crippen LogP contribution in [0.2, 0.25) is 0 Å². The highest BCUT2D eigenvalue weighted by molar-refractivity contribution is 5.42. The molecule has 0 aliphatic carbocycles. The van der Waals surface area contributed by atoms with Gasteiger partial charge in [0.2, 0.25) is 0 Å². The van der Waals surface area contributed by atoms with E-state index in [0.29, 0.717) is 6.61 Å². The molecular weight excluding hydrogens is 250 g/mol. The predicted molar refractivity (Wildman–Crippen MR) is 79.5 cm³/mol. The summed E-state index contributed by atoms with van der Waals surface area (Å²) in [6.07, 6.45) is 1.98. The molecule has 0 spiro atoms. The van der Waals surface area contributed by atoms with E-state index in [1.807, 2.05) is 19.1 Å². The summed E-state index contributed by atoms with van der Waals surface area (Å²) in [7, 11) is 0. The maximum atomic E-state index is 5.51. The van der Waals surface area contributed by atoms with E-state index in [1.165, 1.54) is 17.1 Å². The zero-order chi connectivity index (χ0) is 13.9. The quantitative estimate of drug-likeness (QED) is 0.928. The van der Waals surface area contributed by atoms with Crippen molar-refractivity contribution in [1.82, 2.24) is 14.9 Å². The minimum absolute atomic E-state index is 0.700. The predicted octanol–water partition coefficient (Wildman–Crippen LogP) is 2.48. The summed E-state index contributed by atoms with van der Waals surface area (Å²) in [5.41, 5.74) is 3.73. The number of aromatic nitrogens is 2. The minimum Gasteiger partial charge on any atom is -0.494 e. The molecule has 3 rings (SSSR count). The van der Waals surface area contributed by atoms with E-state index in [1.54, 1.807) is 0 Å². The molecular formula is C16H21N3O. The second kappa shape index (κ2) is 5.67. The molecule has 0 radical (unpaired) electrons. The highest BCUT2D eigenvalue weighted by Crippen LogP contribution is 2.23. The summed E-state index contributed by atoms with van der Waals surface area (Å²) in [4.78, 5) is 4.77. The SMILES string of the molecule is CCOc1ccc(-n2c(CC)nc3c2CCNC3)cc1. The lowest BCUT2D eigenvalue weighted by molar-refractivity contribution is 0.340.